The largest absolute Gasteiger partial charge is 0.372 e. The first-order valence-electron chi connectivity index (χ1n) is 9.52. The number of carbonyl (C=O) groups is 1. The standard InChI is InChI=1S/C20H31N3O2/c1-15-6-5-7-19(18(15)4)22-10-8-21(9-11-22)14-20(24)23-12-16(2)25-17(3)13-23/h5-7,16-17H,8-14H2,1-4H3/p+1/t16-,17+. The van der Waals surface area contributed by atoms with E-state index in [1.807, 2.05) is 18.7 Å². The number of amides is 1. The fraction of sp³-hybridized carbons (Fsp3) is 0.650. The van der Waals surface area contributed by atoms with Crippen molar-refractivity contribution in [3.63, 3.8) is 0 Å². The summed E-state index contributed by atoms with van der Waals surface area (Å²) in [4.78, 5) is 18.5. The third-order valence-corrected chi connectivity index (χ3v) is 5.56. The monoisotopic (exact) mass is 346 g/mol. The highest BCUT2D eigenvalue weighted by molar-refractivity contribution is 5.77. The van der Waals surface area contributed by atoms with Gasteiger partial charge in [0, 0.05) is 18.8 Å². The molecule has 1 amide bonds. The van der Waals surface area contributed by atoms with Crippen LogP contribution in [0.3, 0.4) is 0 Å². The van der Waals surface area contributed by atoms with Crippen LogP contribution in [0.1, 0.15) is 25.0 Å². The Balaban J connectivity index is 1.52. The lowest BCUT2D eigenvalue weighted by atomic mass is 10.1. The maximum atomic E-state index is 12.6. The van der Waals surface area contributed by atoms with E-state index >= 15 is 0 Å². The van der Waals surface area contributed by atoms with Gasteiger partial charge in [0.15, 0.2) is 6.54 Å². The number of anilines is 1. The summed E-state index contributed by atoms with van der Waals surface area (Å²) in [6, 6.07) is 6.53. The van der Waals surface area contributed by atoms with Gasteiger partial charge in [-0.2, -0.15) is 0 Å². The van der Waals surface area contributed by atoms with E-state index in [0.29, 0.717) is 6.54 Å². The number of quaternary nitrogens is 1. The molecule has 0 aliphatic carbocycles. The molecule has 2 atom stereocenters. The van der Waals surface area contributed by atoms with Crippen LogP contribution in [-0.4, -0.2) is 68.8 Å². The first-order valence-corrected chi connectivity index (χ1v) is 9.52. The predicted octanol–water partition coefficient (Wildman–Crippen LogP) is 0.644. The van der Waals surface area contributed by atoms with E-state index in [1.54, 1.807) is 0 Å². The Hall–Kier alpha value is -1.59. The zero-order valence-corrected chi connectivity index (χ0v) is 16.0. The zero-order valence-electron chi connectivity index (χ0n) is 16.0. The number of nitrogens with one attached hydrogen (secondary N) is 1. The highest BCUT2D eigenvalue weighted by Crippen LogP contribution is 2.22. The molecular weight excluding hydrogens is 314 g/mol. The SMILES string of the molecule is Cc1cccc(N2CC[NH+](CC(=O)N3C[C@@H](C)O[C@@H](C)C3)CC2)c1C. The minimum atomic E-state index is 0.142. The summed E-state index contributed by atoms with van der Waals surface area (Å²) < 4.78 is 5.73. The van der Waals surface area contributed by atoms with Gasteiger partial charge in [-0.3, -0.25) is 4.79 Å². The topological polar surface area (TPSA) is 37.2 Å². The average Bonchev–Trinajstić information content (AvgIpc) is 2.57. The summed E-state index contributed by atoms with van der Waals surface area (Å²) >= 11 is 0. The maximum absolute atomic E-state index is 12.6. The molecule has 0 unspecified atom stereocenters. The number of aryl methyl sites for hydroxylation is 1. The number of rotatable bonds is 3. The number of benzene rings is 1. The van der Waals surface area contributed by atoms with E-state index in [1.165, 1.54) is 21.7 Å². The minimum absolute atomic E-state index is 0.142. The van der Waals surface area contributed by atoms with Gasteiger partial charge in [0.2, 0.25) is 0 Å². The number of hydrogen-bond acceptors (Lipinski definition) is 3. The van der Waals surface area contributed by atoms with E-state index in [4.69, 9.17) is 4.74 Å². The van der Waals surface area contributed by atoms with Crippen molar-refractivity contribution in [1.29, 1.82) is 0 Å². The molecule has 5 nitrogen and oxygen atoms in total. The molecule has 0 saturated carbocycles. The van der Waals surface area contributed by atoms with Crippen LogP contribution in [0, 0.1) is 13.8 Å². The van der Waals surface area contributed by atoms with Crippen molar-refractivity contribution < 1.29 is 14.4 Å². The highest BCUT2D eigenvalue weighted by atomic mass is 16.5. The molecular formula is C20H32N3O2+. The van der Waals surface area contributed by atoms with Gasteiger partial charge in [-0.25, -0.2) is 0 Å². The van der Waals surface area contributed by atoms with Crippen LogP contribution >= 0.6 is 0 Å². The molecule has 1 aromatic rings. The van der Waals surface area contributed by atoms with E-state index in [-0.39, 0.29) is 18.1 Å². The lowest BCUT2D eigenvalue weighted by Crippen LogP contribution is -3.16. The van der Waals surface area contributed by atoms with Gasteiger partial charge in [0.1, 0.15) is 0 Å². The van der Waals surface area contributed by atoms with Crippen LogP contribution in [0.2, 0.25) is 0 Å². The third-order valence-electron chi connectivity index (χ3n) is 5.56. The molecule has 0 aromatic heterocycles. The van der Waals surface area contributed by atoms with Gasteiger partial charge in [-0.15, -0.1) is 0 Å². The fourth-order valence-corrected chi connectivity index (χ4v) is 4.03. The normalized spacial score (nSPS) is 25.3. The molecule has 2 saturated heterocycles. The fourth-order valence-electron chi connectivity index (χ4n) is 4.03. The Bertz CT molecular complexity index is 601. The zero-order chi connectivity index (χ0) is 18.0. The van der Waals surface area contributed by atoms with Crippen molar-refractivity contribution in [3.05, 3.63) is 29.3 Å². The Morgan fingerprint density at radius 1 is 1.16 bits per heavy atom. The van der Waals surface area contributed by atoms with Crippen molar-refractivity contribution in [3.8, 4) is 0 Å². The summed E-state index contributed by atoms with van der Waals surface area (Å²) in [5.74, 6) is 0.275. The molecule has 138 valence electrons. The van der Waals surface area contributed by atoms with E-state index in [9.17, 15) is 4.79 Å². The van der Waals surface area contributed by atoms with Crippen LogP contribution in [-0.2, 0) is 9.53 Å². The Labute approximate surface area is 151 Å². The Morgan fingerprint density at radius 3 is 2.44 bits per heavy atom. The minimum Gasteiger partial charge on any atom is -0.372 e. The molecule has 2 aliphatic rings. The summed E-state index contributed by atoms with van der Waals surface area (Å²) in [6.45, 7) is 14.6. The number of nitrogens with zero attached hydrogens (tertiary/aromatic N) is 2. The number of hydrogen-bond donors (Lipinski definition) is 1. The van der Waals surface area contributed by atoms with Crippen molar-refractivity contribution in [2.45, 2.75) is 39.9 Å². The lowest BCUT2D eigenvalue weighted by Gasteiger charge is -2.37. The van der Waals surface area contributed by atoms with Gasteiger partial charge in [-0.1, -0.05) is 12.1 Å². The number of morpholine rings is 1. The molecule has 5 heteroatoms. The van der Waals surface area contributed by atoms with Gasteiger partial charge < -0.3 is 19.4 Å². The van der Waals surface area contributed by atoms with E-state index in [0.717, 1.165) is 39.3 Å². The van der Waals surface area contributed by atoms with Crippen LogP contribution in [0.5, 0.6) is 0 Å². The molecule has 0 spiro atoms. The van der Waals surface area contributed by atoms with Crippen LogP contribution in [0.25, 0.3) is 0 Å². The van der Waals surface area contributed by atoms with E-state index < -0.39 is 0 Å². The van der Waals surface area contributed by atoms with Gasteiger partial charge in [0.25, 0.3) is 5.91 Å². The summed E-state index contributed by atoms with van der Waals surface area (Å²) in [6.07, 6.45) is 0.285. The molecule has 2 heterocycles. The third kappa shape index (κ3) is 4.33. The predicted molar refractivity (Wildman–Crippen MR) is 100 cm³/mol. The average molecular weight is 346 g/mol. The lowest BCUT2D eigenvalue weighted by molar-refractivity contribution is -0.892. The molecule has 2 aliphatic heterocycles. The molecule has 1 aromatic carbocycles. The van der Waals surface area contributed by atoms with Crippen LogP contribution < -0.4 is 9.80 Å². The molecule has 0 bridgehead atoms. The van der Waals surface area contributed by atoms with Crippen LogP contribution in [0.15, 0.2) is 18.2 Å². The quantitative estimate of drug-likeness (QED) is 0.873. The maximum Gasteiger partial charge on any atom is 0.277 e. The van der Waals surface area contributed by atoms with Crippen molar-refractivity contribution >= 4 is 11.6 Å². The molecule has 25 heavy (non-hydrogen) atoms. The Morgan fingerprint density at radius 2 is 1.80 bits per heavy atom. The van der Waals surface area contributed by atoms with Gasteiger partial charge in [0.05, 0.1) is 38.4 Å². The second kappa shape index (κ2) is 7.75. The van der Waals surface area contributed by atoms with Gasteiger partial charge in [-0.05, 0) is 44.9 Å². The van der Waals surface area contributed by atoms with Crippen molar-refractivity contribution in [2.24, 2.45) is 0 Å². The Kier molecular flexibility index (Phi) is 5.64. The molecule has 1 N–H and O–H groups in total. The molecule has 2 fully saturated rings. The number of piperazine rings is 1. The van der Waals surface area contributed by atoms with Gasteiger partial charge >= 0.3 is 0 Å². The second-order valence-corrected chi connectivity index (χ2v) is 7.69. The summed E-state index contributed by atoms with van der Waals surface area (Å²) in [7, 11) is 0. The highest BCUT2D eigenvalue weighted by Gasteiger charge is 2.29. The molecule has 0 radical (unpaired) electrons. The van der Waals surface area contributed by atoms with Crippen molar-refractivity contribution in [1.82, 2.24) is 4.90 Å². The second-order valence-electron chi connectivity index (χ2n) is 7.69. The number of ether oxygens (including phenoxy) is 1. The summed E-state index contributed by atoms with van der Waals surface area (Å²) in [5.41, 5.74) is 4.07. The molecule has 3 rings (SSSR count). The van der Waals surface area contributed by atoms with Crippen LogP contribution in [0.4, 0.5) is 5.69 Å². The smallest absolute Gasteiger partial charge is 0.277 e. The first kappa shape index (κ1) is 18.2. The summed E-state index contributed by atoms with van der Waals surface area (Å²) in [5, 5.41) is 0. The van der Waals surface area contributed by atoms with Crippen molar-refractivity contribution in [2.75, 3.05) is 50.7 Å². The number of carbonyl (C=O) groups excluding carboxylic acids is 1. The first-order chi connectivity index (χ1) is 11.9. The van der Waals surface area contributed by atoms with E-state index in [2.05, 4.69) is 36.9 Å².